The van der Waals surface area contributed by atoms with Gasteiger partial charge in [0.25, 0.3) is 0 Å². The molecule has 78 valence electrons. The Kier molecular flexibility index (Phi) is 3.39. The highest BCUT2D eigenvalue weighted by molar-refractivity contribution is 4.79. The molecule has 1 fully saturated rings. The maximum absolute atomic E-state index is 2.50. The lowest BCUT2D eigenvalue weighted by molar-refractivity contribution is 0.122. The fourth-order valence-electron chi connectivity index (χ4n) is 3.18. The van der Waals surface area contributed by atoms with Gasteiger partial charge < -0.3 is 4.90 Å². The van der Waals surface area contributed by atoms with Crippen LogP contribution in [0.3, 0.4) is 0 Å². The summed E-state index contributed by atoms with van der Waals surface area (Å²) in [6, 6.07) is 0. The van der Waals surface area contributed by atoms with E-state index < -0.39 is 0 Å². The van der Waals surface area contributed by atoms with Crippen LogP contribution >= 0.6 is 0 Å². The SMILES string of the molecule is CC1CC(C)CC(C)(C)CN(C)C1. The van der Waals surface area contributed by atoms with Crippen LogP contribution in [-0.4, -0.2) is 25.0 Å². The van der Waals surface area contributed by atoms with E-state index >= 15 is 0 Å². The minimum absolute atomic E-state index is 0.508. The molecule has 0 radical (unpaired) electrons. The average Bonchev–Trinajstić information content (AvgIpc) is 1.78. The summed E-state index contributed by atoms with van der Waals surface area (Å²) in [6.07, 6.45) is 2.77. The fraction of sp³-hybridized carbons (Fsp3) is 1.00. The van der Waals surface area contributed by atoms with E-state index in [2.05, 4.69) is 39.6 Å². The predicted octanol–water partition coefficient (Wildman–Crippen LogP) is 3.01. The number of rotatable bonds is 0. The molecule has 0 aromatic heterocycles. The first-order valence-corrected chi connectivity index (χ1v) is 5.57. The topological polar surface area (TPSA) is 3.24 Å². The second-order valence-corrected chi connectivity index (χ2v) is 6.01. The molecule has 1 heteroatoms. The van der Waals surface area contributed by atoms with Crippen LogP contribution in [0.15, 0.2) is 0 Å². The van der Waals surface area contributed by atoms with Crippen molar-refractivity contribution < 1.29 is 0 Å². The third kappa shape index (κ3) is 3.68. The molecule has 1 rings (SSSR count). The minimum Gasteiger partial charge on any atom is -0.306 e. The van der Waals surface area contributed by atoms with Crippen LogP contribution in [0.5, 0.6) is 0 Å². The van der Waals surface area contributed by atoms with Crippen molar-refractivity contribution in [1.82, 2.24) is 4.90 Å². The van der Waals surface area contributed by atoms with E-state index in [0.29, 0.717) is 5.41 Å². The van der Waals surface area contributed by atoms with Gasteiger partial charge in [0.15, 0.2) is 0 Å². The normalized spacial score (nSPS) is 36.7. The molecule has 1 saturated heterocycles. The van der Waals surface area contributed by atoms with Gasteiger partial charge in [0.1, 0.15) is 0 Å². The van der Waals surface area contributed by atoms with E-state index in [9.17, 15) is 0 Å². The van der Waals surface area contributed by atoms with Crippen molar-refractivity contribution in [2.24, 2.45) is 17.3 Å². The summed E-state index contributed by atoms with van der Waals surface area (Å²) in [5.41, 5.74) is 0.508. The zero-order valence-electron chi connectivity index (χ0n) is 9.93. The molecule has 1 heterocycles. The molecule has 13 heavy (non-hydrogen) atoms. The molecule has 1 aliphatic rings. The summed E-state index contributed by atoms with van der Waals surface area (Å²) in [5, 5.41) is 0. The molecule has 0 bridgehead atoms. The molecule has 0 spiro atoms. The van der Waals surface area contributed by atoms with Crippen molar-refractivity contribution in [2.45, 2.75) is 40.5 Å². The molecule has 2 atom stereocenters. The Morgan fingerprint density at radius 2 is 1.77 bits per heavy atom. The van der Waals surface area contributed by atoms with E-state index in [1.807, 2.05) is 0 Å². The second-order valence-electron chi connectivity index (χ2n) is 6.01. The van der Waals surface area contributed by atoms with Gasteiger partial charge in [0.2, 0.25) is 0 Å². The van der Waals surface area contributed by atoms with Gasteiger partial charge in [0, 0.05) is 13.1 Å². The van der Waals surface area contributed by atoms with Crippen LogP contribution in [0.1, 0.15) is 40.5 Å². The first-order valence-electron chi connectivity index (χ1n) is 5.57. The van der Waals surface area contributed by atoms with Crippen molar-refractivity contribution in [3.05, 3.63) is 0 Å². The number of hydrogen-bond donors (Lipinski definition) is 0. The number of hydrogen-bond acceptors (Lipinski definition) is 1. The van der Waals surface area contributed by atoms with Gasteiger partial charge in [-0.15, -0.1) is 0 Å². The fourth-order valence-corrected chi connectivity index (χ4v) is 3.18. The molecule has 0 N–H and O–H groups in total. The summed E-state index contributed by atoms with van der Waals surface area (Å²) >= 11 is 0. The Morgan fingerprint density at radius 1 is 1.15 bits per heavy atom. The lowest BCUT2D eigenvalue weighted by Gasteiger charge is -2.37. The lowest BCUT2D eigenvalue weighted by Crippen LogP contribution is -2.38. The summed E-state index contributed by atoms with van der Waals surface area (Å²) in [4.78, 5) is 2.50. The molecule has 2 unspecified atom stereocenters. The largest absolute Gasteiger partial charge is 0.306 e. The molecule has 1 aliphatic heterocycles. The van der Waals surface area contributed by atoms with E-state index in [-0.39, 0.29) is 0 Å². The van der Waals surface area contributed by atoms with Crippen LogP contribution in [0, 0.1) is 17.3 Å². The second kappa shape index (κ2) is 4.00. The third-order valence-electron chi connectivity index (χ3n) is 3.03. The standard InChI is InChI=1S/C12H25N/c1-10-6-11(2)8-13(5)9-12(3,4)7-10/h10-11H,6-9H2,1-5H3. The maximum Gasteiger partial charge on any atom is 0.00298 e. The highest BCUT2D eigenvalue weighted by atomic mass is 15.1. The Morgan fingerprint density at radius 3 is 2.38 bits per heavy atom. The minimum atomic E-state index is 0.508. The third-order valence-corrected chi connectivity index (χ3v) is 3.03. The van der Waals surface area contributed by atoms with E-state index in [4.69, 9.17) is 0 Å². The molecular formula is C12H25N. The summed E-state index contributed by atoms with van der Waals surface area (Å²) in [7, 11) is 2.26. The van der Waals surface area contributed by atoms with Gasteiger partial charge in [0.05, 0.1) is 0 Å². The van der Waals surface area contributed by atoms with Crippen molar-refractivity contribution in [2.75, 3.05) is 20.1 Å². The van der Waals surface area contributed by atoms with Gasteiger partial charge in [-0.05, 0) is 37.1 Å². The average molecular weight is 183 g/mol. The lowest BCUT2D eigenvalue weighted by atomic mass is 9.78. The summed E-state index contributed by atoms with van der Waals surface area (Å²) in [5.74, 6) is 1.77. The van der Waals surface area contributed by atoms with Gasteiger partial charge in [-0.25, -0.2) is 0 Å². The Hall–Kier alpha value is -0.0400. The van der Waals surface area contributed by atoms with Crippen molar-refractivity contribution in [3.63, 3.8) is 0 Å². The molecule has 0 aromatic carbocycles. The van der Waals surface area contributed by atoms with E-state index in [0.717, 1.165) is 11.8 Å². The van der Waals surface area contributed by atoms with Crippen molar-refractivity contribution in [1.29, 1.82) is 0 Å². The van der Waals surface area contributed by atoms with Crippen molar-refractivity contribution in [3.8, 4) is 0 Å². The molecule has 1 nitrogen and oxygen atoms in total. The van der Waals surface area contributed by atoms with Crippen molar-refractivity contribution >= 4 is 0 Å². The smallest absolute Gasteiger partial charge is 0.00298 e. The predicted molar refractivity (Wildman–Crippen MR) is 58.8 cm³/mol. The highest BCUT2D eigenvalue weighted by Gasteiger charge is 2.27. The maximum atomic E-state index is 2.50. The monoisotopic (exact) mass is 183 g/mol. The summed E-state index contributed by atoms with van der Waals surface area (Å²) < 4.78 is 0. The van der Waals surface area contributed by atoms with Crippen LogP contribution in [0.2, 0.25) is 0 Å². The first-order chi connectivity index (χ1) is 5.89. The van der Waals surface area contributed by atoms with Gasteiger partial charge in [-0.2, -0.15) is 0 Å². The van der Waals surface area contributed by atoms with E-state index in [1.165, 1.54) is 25.9 Å². The first kappa shape index (κ1) is 11.0. The molecule has 0 aliphatic carbocycles. The Bertz CT molecular complexity index is 147. The highest BCUT2D eigenvalue weighted by Crippen LogP contribution is 2.32. The quantitative estimate of drug-likeness (QED) is 0.558. The zero-order chi connectivity index (χ0) is 10.1. The van der Waals surface area contributed by atoms with Crippen LogP contribution in [0.25, 0.3) is 0 Å². The number of likely N-dealkylation sites (tertiary alicyclic amines) is 1. The Balaban J connectivity index is 2.59. The summed E-state index contributed by atoms with van der Waals surface area (Å²) in [6.45, 7) is 12.1. The van der Waals surface area contributed by atoms with Crippen LogP contribution in [-0.2, 0) is 0 Å². The van der Waals surface area contributed by atoms with E-state index in [1.54, 1.807) is 0 Å². The van der Waals surface area contributed by atoms with Crippen LogP contribution < -0.4 is 0 Å². The Labute approximate surface area is 83.5 Å². The number of nitrogens with zero attached hydrogens (tertiary/aromatic N) is 1. The molecule has 0 amide bonds. The van der Waals surface area contributed by atoms with Gasteiger partial charge in [-0.3, -0.25) is 0 Å². The zero-order valence-corrected chi connectivity index (χ0v) is 9.93. The van der Waals surface area contributed by atoms with Gasteiger partial charge in [-0.1, -0.05) is 27.7 Å². The molecule has 0 saturated carbocycles. The molecule has 0 aromatic rings. The molecular weight excluding hydrogens is 158 g/mol. The van der Waals surface area contributed by atoms with Gasteiger partial charge >= 0.3 is 0 Å². The van der Waals surface area contributed by atoms with Crippen LogP contribution in [0.4, 0.5) is 0 Å².